The Hall–Kier alpha value is -1.98. The molecule has 0 saturated heterocycles. The van der Waals surface area contributed by atoms with Crippen LogP contribution in [0.4, 0.5) is 10.2 Å². The topological polar surface area (TPSA) is 66.5 Å². The molecule has 78 valence electrons. The van der Waals surface area contributed by atoms with Crippen LogP contribution in [0.15, 0.2) is 24.7 Å². The number of halogens is 1. The number of aromatic nitrogens is 4. The average molecular weight is 207 g/mol. The van der Waals surface area contributed by atoms with Crippen LogP contribution in [0.3, 0.4) is 0 Å². The molecule has 2 heterocycles. The third-order valence-electron chi connectivity index (χ3n) is 1.88. The number of hydrogen-bond donors (Lipinski definition) is 2. The molecule has 0 unspecified atom stereocenters. The first-order chi connectivity index (χ1) is 7.36. The van der Waals surface area contributed by atoms with Crippen LogP contribution in [0.2, 0.25) is 0 Å². The third kappa shape index (κ3) is 2.49. The minimum atomic E-state index is -0.352. The molecular formula is C9H10FN5. The fourth-order valence-corrected chi connectivity index (χ4v) is 1.17. The van der Waals surface area contributed by atoms with E-state index < -0.39 is 0 Å². The first kappa shape index (κ1) is 9.57. The van der Waals surface area contributed by atoms with Crippen LogP contribution in [0, 0.1) is 5.82 Å². The molecule has 0 spiro atoms. The average Bonchev–Trinajstić information content (AvgIpc) is 2.74. The van der Waals surface area contributed by atoms with Crippen LogP contribution in [-0.4, -0.2) is 26.7 Å². The van der Waals surface area contributed by atoms with Crippen molar-refractivity contribution in [1.29, 1.82) is 0 Å². The van der Waals surface area contributed by atoms with E-state index in [1.54, 1.807) is 12.3 Å². The predicted molar refractivity (Wildman–Crippen MR) is 52.8 cm³/mol. The quantitative estimate of drug-likeness (QED) is 0.784. The van der Waals surface area contributed by atoms with Gasteiger partial charge >= 0.3 is 0 Å². The van der Waals surface area contributed by atoms with Gasteiger partial charge in [0.2, 0.25) is 0 Å². The molecule has 0 aromatic carbocycles. The van der Waals surface area contributed by atoms with Gasteiger partial charge in [-0.05, 0) is 12.1 Å². The number of rotatable bonds is 4. The Morgan fingerprint density at radius 3 is 3.07 bits per heavy atom. The molecule has 0 fully saturated rings. The summed E-state index contributed by atoms with van der Waals surface area (Å²) in [4.78, 5) is 7.81. The third-order valence-corrected chi connectivity index (χ3v) is 1.88. The number of nitrogens with zero attached hydrogens (tertiary/aromatic N) is 3. The normalized spacial score (nSPS) is 10.2. The van der Waals surface area contributed by atoms with Crippen LogP contribution < -0.4 is 5.32 Å². The lowest BCUT2D eigenvalue weighted by Crippen LogP contribution is -2.08. The fraction of sp³-hybridized carbons (Fsp3) is 0.222. The fourth-order valence-electron chi connectivity index (χ4n) is 1.17. The highest BCUT2D eigenvalue weighted by molar-refractivity contribution is 5.35. The van der Waals surface area contributed by atoms with Gasteiger partial charge in [0.1, 0.15) is 12.2 Å². The Bertz CT molecular complexity index is 414. The Balaban J connectivity index is 1.86. The Morgan fingerprint density at radius 2 is 2.33 bits per heavy atom. The van der Waals surface area contributed by atoms with E-state index in [0.29, 0.717) is 13.0 Å². The number of H-pyrrole nitrogens is 1. The van der Waals surface area contributed by atoms with Crippen LogP contribution >= 0.6 is 0 Å². The highest BCUT2D eigenvalue weighted by atomic mass is 19.1. The minimum Gasteiger partial charge on any atom is -0.367 e. The second-order valence-electron chi connectivity index (χ2n) is 2.94. The van der Waals surface area contributed by atoms with Crippen LogP contribution in [0.1, 0.15) is 5.82 Å². The molecule has 0 atom stereocenters. The van der Waals surface area contributed by atoms with Crippen molar-refractivity contribution in [1.82, 2.24) is 20.2 Å². The second-order valence-corrected chi connectivity index (χ2v) is 2.94. The molecule has 0 amide bonds. The van der Waals surface area contributed by atoms with Gasteiger partial charge in [0, 0.05) is 19.2 Å². The zero-order chi connectivity index (χ0) is 10.5. The first-order valence-electron chi connectivity index (χ1n) is 4.55. The molecule has 0 radical (unpaired) electrons. The zero-order valence-corrected chi connectivity index (χ0v) is 7.94. The van der Waals surface area contributed by atoms with E-state index in [9.17, 15) is 4.39 Å². The number of aromatic amines is 1. The number of nitrogens with one attached hydrogen (secondary N) is 2. The summed E-state index contributed by atoms with van der Waals surface area (Å²) >= 11 is 0. The summed E-state index contributed by atoms with van der Waals surface area (Å²) in [5.74, 6) is 0.672. The Morgan fingerprint density at radius 1 is 1.40 bits per heavy atom. The molecule has 5 nitrogen and oxygen atoms in total. The molecule has 0 bridgehead atoms. The number of pyridine rings is 1. The summed E-state index contributed by atoms with van der Waals surface area (Å²) in [6, 6.07) is 2.92. The lowest BCUT2D eigenvalue weighted by Gasteiger charge is -2.04. The monoisotopic (exact) mass is 207 g/mol. The van der Waals surface area contributed by atoms with Crippen molar-refractivity contribution in [2.75, 3.05) is 11.9 Å². The molecule has 2 N–H and O–H groups in total. The van der Waals surface area contributed by atoms with Crippen molar-refractivity contribution in [2.45, 2.75) is 6.42 Å². The van der Waals surface area contributed by atoms with Gasteiger partial charge in [-0.3, -0.25) is 5.10 Å². The highest BCUT2D eigenvalue weighted by Gasteiger charge is 2.01. The summed E-state index contributed by atoms with van der Waals surface area (Å²) < 4.78 is 13.1. The molecule has 2 aromatic rings. The van der Waals surface area contributed by atoms with Crippen molar-refractivity contribution in [3.8, 4) is 0 Å². The van der Waals surface area contributed by atoms with E-state index >= 15 is 0 Å². The maximum absolute atomic E-state index is 13.1. The van der Waals surface area contributed by atoms with E-state index in [0.717, 1.165) is 5.82 Å². The highest BCUT2D eigenvalue weighted by Crippen LogP contribution is 2.07. The SMILES string of the molecule is Fc1cccnc1NCCc1ncn[nH]1. The van der Waals surface area contributed by atoms with Crippen molar-refractivity contribution in [3.63, 3.8) is 0 Å². The van der Waals surface area contributed by atoms with Crippen molar-refractivity contribution < 1.29 is 4.39 Å². The molecule has 2 rings (SSSR count). The lowest BCUT2D eigenvalue weighted by molar-refractivity contribution is 0.624. The summed E-state index contributed by atoms with van der Waals surface area (Å²) in [5.41, 5.74) is 0. The van der Waals surface area contributed by atoms with Crippen LogP contribution in [0.25, 0.3) is 0 Å². The van der Waals surface area contributed by atoms with Crippen LogP contribution in [0.5, 0.6) is 0 Å². The predicted octanol–water partition coefficient (Wildman–Crippen LogP) is 0.993. The first-order valence-corrected chi connectivity index (χ1v) is 4.55. The van der Waals surface area contributed by atoms with Gasteiger partial charge in [-0.1, -0.05) is 0 Å². The van der Waals surface area contributed by atoms with Crippen molar-refractivity contribution in [3.05, 3.63) is 36.3 Å². The molecule has 0 aliphatic heterocycles. The summed E-state index contributed by atoms with van der Waals surface area (Å²) in [6.45, 7) is 0.559. The van der Waals surface area contributed by atoms with Gasteiger partial charge in [0.15, 0.2) is 11.6 Å². The van der Waals surface area contributed by atoms with Crippen molar-refractivity contribution >= 4 is 5.82 Å². The number of hydrogen-bond acceptors (Lipinski definition) is 4. The van der Waals surface area contributed by atoms with Gasteiger partial charge < -0.3 is 5.32 Å². The van der Waals surface area contributed by atoms with Gasteiger partial charge in [0.05, 0.1) is 0 Å². The van der Waals surface area contributed by atoms with Crippen LogP contribution in [-0.2, 0) is 6.42 Å². The molecule has 15 heavy (non-hydrogen) atoms. The molecule has 0 saturated carbocycles. The standard InChI is InChI=1S/C9H10FN5/c10-7-2-1-4-11-9(7)12-5-3-8-13-6-14-15-8/h1-2,4,6H,3,5H2,(H,11,12)(H,13,14,15). The van der Waals surface area contributed by atoms with Gasteiger partial charge in [-0.25, -0.2) is 14.4 Å². The largest absolute Gasteiger partial charge is 0.367 e. The smallest absolute Gasteiger partial charge is 0.165 e. The molecule has 6 heteroatoms. The zero-order valence-electron chi connectivity index (χ0n) is 7.94. The second kappa shape index (κ2) is 4.50. The van der Waals surface area contributed by atoms with Gasteiger partial charge in [-0.15, -0.1) is 0 Å². The maximum atomic E-state index is 13.1. The molecule has 0 aliphatic carbocycles. The summed E-state index contributed by atoms with van der Waals surface area (Å²) in [6.07, 6.45) is 3.63. The van der Waals surface area contributed by atoms with Gasteiger partial charge in [-0.2, -0.15) is 5.10 Å². The van der Waals surface area contributed by atoms with E-state index in [1.807, 2.05) is 0 Å². The number of anilines is 1. The van der Waals surface area contributed by atoms with E-state index in [-0.39, 0.29) is 11.6 Å². The molecular weight excluding hydrogens is 197 g/mol. The van der Waals surface area contributed by atoms with Crippen molar-refractivity contribution in [2.24, 2.45) is 0 Å². The van der Waals surface area contributed by atoms with E-state index in [1.165, 1.54) is 12.4 Å². The Kier molecular flexibility index (Phi) is 2.87. The maximum Gasteiger partial charge on any atom is 0.165 e. The lowest BCUT2D eigenvalue weighted by atomic mass is 10.4. The van der Waals surface area contributed by atoms with E-state index in [4.69, 9.17) is 0 Å². The molecule has 2 aromatic heterocycles. The Labute approximate surface area is 85.8 Å². The summed E-state index contributed by atoms with van der Waals surface area (Å²) in [7, 11) is 0. The summed E-state index contributed by atoms with van der Waals surface area (Å²) in [5, 5.41) is 9.31. The van der Waals surface area contributed by atoms with Gasteiger partial charge in [0.25, 0.3) is 0 Å². The van der Waals surface area contributed by atoms with E-state index in [2.05, 4.69) is 25.5 Å². The molecule has 0 aliphatic rings. The minimum absolute atomic E-state index is 0.261.